The SMILES string of the molecule is COc1nc(N[C@@H]2CCN(C)C[C@@H]2F)nn2ccc(-c3ccc(N=N)c(NCCCF)c3)c12. The molecule has 2 aromatic heterocycles. The van der Waals surface area contributed by atoms with Crippen molar-refractivity contribution in [3.63, 3.8) is 0 Å². The van der Waals surface area contributed by atoms with Gasteiger partial charge in [0.05, 0.1) is 25.5 Å². The number of rotatable bonds is 9. The fourth-order valence-corrected chi connectivity index (χ4v) is 4.05. The summed E-state index contributed by atoms with van der Waals surface area (Å²) in [5.74, 6) is 0.660. The molecular weight excluding hydrogens is 430 g/mol. The number of hydrogen-bond acceptors (Lipinski definition) is 8. The Kier molecular flexibility index (Phi) is 6.97. The molecule has 1 fully saturated rings. The average molecular weight is 459 g/mol. The Morgan fingerprint density at radius 1 is 1.33 bits per heavy atom. The number of alkyl halides is 2. The van der Waals surface area contributed by atoms with Crippen molar-refractivity contribution in [2.75, 3.05) is 51.1 Å². The molecule has 3 heterocycles. The van der Waals surface area contributed by atoms with Crippen molar-refractivity contribution in [2.24, 2.45) is 5.11 Å². The molecular formula is C22H28F2N8O. The van der Waals surface area contributed by atoms with Gasteiger partial charge in [0.15, 0.2) is 0 Å². The van der Waals surface area contributed by atoms with E-state index in [4.69, 9.17) is 10.3 Å². The second-order valence-electron chi connectivity index (χ2n) is 8.10. The number of nitrogens with zero attached hydrogens (tertiary/aromatic N) is 5. The van der Waals surface area contributed by atoms with Crippen LogP contribution in [0.2, 0.25) is 0 Å². The zero-order valence-electron chi connectivity index (χ0n) is 18.7. The summed E-state index contributed by atoms with van der Waals surface area (Å²) in [7, 11) is 3.44. The van der Waals surface area contributed by atoms with Crippen LogP contribution in [0, 0.1) is 5.53 Å². The molecule has 3 aromatic rings. The minimum absolute atomic E-state index is 0.302. The van der Waals surface area contributed by atoms with E-state index in [1.54, 1.807) is 16.8 Å². The smallest absolute Gasteiger partial charge is 0.244 e. The van der Waals surface area contributed by atoms with Crippen LogP contribution in [0.1, 0.15) is 12.8 Å². The van der Waals surface area contributed by atoms with E-state index in [9.17, 15) is 8.78 Å². The summed E-state index contributed by atoms with van der Waals surface area (Å²) in [6.45, 7) is 1.18. The third-order valence-electron chi connectivity index (χ3n) is 5.79. The maximum Gasteiger partial charge on any atom is 0.244 e. The van der Waals surface area contributed by atoms with Crippen LogP contribution >= 0.6 is 0 Å². The van der Waals surface area contributed by atoms with Crippen molar-refractivity contribution in [1.29, 1.82) is 5.53 Å². The van der Waals surface area contributed by atoms with Crippen LogP contribution in [-0.4, -0.2) is 72.2 Å². The number of likely N-dealkylation sites (tertiary alicyclic amines) is 1. The number of hydrogen-bond donors (Lipinski definition) is 3. The first-order valence-corrected chi connectivity index (χ1v) is 10.9. The van der Waals surface area contributed by atoms with Crippen molar-refractivity contribution < 1.29 is 13.5 Å². The minimum Gasteiger partial charge on any atom is -0.479 e. The number of piperidine rings is 1. The lowest BCUT2D eigenvalue weighted by atomic mass is 10.0. The van der Waals surface area contributed by atoms with Gasteiger partial charge in [0.25, 0.3) is 0 Å². The van der Waals surface area contributed by atoms with E-state index in [1.807, 2.05) is 30.1 Å². The molecule has 9 nitrogen and oxygen atoms in total. The van der Waals surface area contributed by atoms with Gasteiger partial charge in [0.1, 0.15) is 17.4 Å². The summed E-state index contributed by atoms with van der Waals surface area (Å²) in [6, 6.07) is 6.97. The molecule has 3 N–H and O–H groups in total. The van der Waals surface area contributed by atoms with Crippen molar-refractivity contribution >= 4 is 22.8 Å². The van der Waals surface area contributed by atoms with E-state index in [-0.39, 0.29) is 6.04 Å². The number of nitrogens with one attached hydrogen (secondary N) is 3. The molecule has 11 heteroatoms. The number of halogens is 2. The highest BCUT2D eigenvalue weighted by molar-refractivity contribution is 5.87. The summed E-state index contributed by atoms with van der Waals surface area (Å²) >= 11 is 0. The number of benzene rings is 1. The molecule has 1 aliphatic heterocycles. The second kappa shape index (κ2) is 10.1. The molecule has 1 aliphatic rings. The van der Waals surface area contributed by atoms with Gasteiger partial charge < -0.3 is 20.3 Å². The van der Waals surface area contributed by atoms with Crippen LogP contribution < -0.4 is 15.4 Å². The maximum atomic E-state index is 14.5. The van der Waals surface area contributed by atoms with Crippen LogP contribution in [-0.2, 0) is 0 Å². The Hall–Kier alpha value is -3.34. The number of fused-ring (bicyclic) bond motifs is 1. The Morgan fingerprint density at radius 2 is 2.18 bits per heavy atom. The number of methoxy groups -OCH3 is 1. The fourth-order valence-electron chi connectivity index (χ4n) is 4.05. The molecule has 4 rings (SSSR count). The lowest BCUT2D eigenvalue weighted by Crippen LogP contribution is -2.46. The van der Waals surface area contributed by atoms with Gasteiger partial charge in [-0.2, -0.15) is 10.1 Å². The number of ether oxygens (including phenoxy) is 1. The quantitative estimate of drug-likeness (QED) is 0.327. The zero-order chi connectivity index (χ0) is 23.4. The molecule has 0 unspecified atom stereocenters. The monoisotopic (exact) mass is 458 g/mol. The normalized spacial score (nSPS) is 18.9. The Labute approximate surface area is 190 Å². The van der Waals surface area contributed by atoms with Gasteiger partial charge in [0.2, 0.25) is 11.8 Å². The van der Waals surface area contributed by atoms with Crippen LogP contribution in [0.5, 0.6) is 5.88 Å². The minimum atomic E-state index is -1.02. The number of aromatic nitrogens is 3. The van der Waals surface area contributed by atoms with Gasteiger partial charge in [0, 0.05) is 31.4 Å². The van der Waals surface area contributed by atoms with Crippen LogP contribution in [0.15, 0.2) is 35.6 Å². The zero-order valence-corrected chi connectivity index (χ0v) is 18.7. The first kappa shape index (κ1) is 22.8. The summed E-state index contributed by atoms with van der Waals surface area (Å²) in [5, 5.41) is 14.3. The molecule has 0 spiro atoms. The van der Waals surface area contributed by atoms with Crippen LogP contribution in [0.4, 0.5) is 26.1 Å². The van der Waals surface area contributed by atoms with Gasteiger partial charge in [-0.25, -0.2) is 14.4 Å². The van der Waals surface area contributed by atoms with Gasteiger partial charge in [-0.3, -0.25) is 4.39 Å². The highest BCUT2D eigenvalue weighted by Gasteiger charge is 2.28. The highest BCUT2D eigenvalue weighted by atomic mass is 19.1. The molecule has 176 valence electrons. The van der Waals surface area contributed by atoms with E-state index in [1.165, 1.54) is 7.11 Å². The van der Waals surface area contributed by atoms with Crippen molar-refractivity contribution in [3.8, 4) is 17.0 Å². The Balaban J connectivity index is 1.66. The van der Waals surface area contributed by atoms with Crippen LogP contribution in [0.3, 0.4) is 0 Å². The fraction of sp³-hybridized carbons (Fsp3) is 0.455. The molecule has 1 aromatic carbocycles. The van der Waals surface area contributed by atoms with E-state index < -0.39 is 12.8 Å². The third kappa shape index (κ3) is 4.87. The van der Waals surface area contributed by atoms with Gasteiger partial charge in [-0.1, -0.05) is 6.07 Å². The third-order valence-corrected chi connectivity index (χ3v) is 5.79. The van der Waals surface area contributed by atoms with Gasteiger partial charge in [-0.05, 0) is 43.7 Å². The lowest BCUT2D eigenvalue weighted by Gasteiger charge is -2.32. The van der Waals surface area contributed by atoms with E-state index in [0.717, 1.165) is 17.7 Å². The molecule has 0 amide bonds. The maximum absolute atomic E-state index is 14.5. The van der Waals surface area contributed by atoms with Crippen molar-refractivity contribution in [2.45, 2.75) is 25.1 Å². The van der Waals surface area contributed by atoms with E-state index in [2.05, 4.69) is 25.8 Å². The predicted molar refractivity (Wildman–Crippen MR) is 123 cm³/mol. The summed E-state index contributed by atoms with van der Waals surface area (Å²) in [6.07, 6.45) is 1.80. The predicted octanol–water partition coefficient (Wildman–Crippen LogP) is 4.29. The standard InChI is InChI=1S/C22H28F2N8O/c1-31-10-7-17(16(24)13-31)27-22-28-21(33-2)20-15(6-11-32(20)30-22)14-4-5-18(29-25)19(12-14)26-9-3-8-23/h4-6,11-12,16-17,25-26H,3,7-10,13H2,1-2H3,(H,27,30)/t16-,17+/m0/s1. The molecule has 0 bridgehead atoms. The molecule has 2 atom stereocenters. The first-order valence-electron chi connectivity index (χ1n) is 10.9. The Morgan fingerprint density at radius 3 is 2.91 bits per heavy atom. The van der Waals surface area contributed by atoms with Gasteiger partial charge >= 0.3 is 0 Å². The highest BCUT2D eigenvalue weighted by Crippen LogP contribution is 2.36. The molecule has 0 saturated carbocycles. The average Bonchev–Trinajstić information content (AvgIpc) is 3.24. The lowest BCUT2D eigenvalue weighted by molar-refractivity contribution is 0.149. The number of anilines is 2. The van der Waals surface area contributed by atoms with Crippen molar-refractivity contribution in [3.05, 3.63) is 30.5 Å². The largest absolute Gasteiger partial charge is 0.479 e. The van der Waals surface area contributed by atoms with Crippen LogP contribution in [0.25, 0.3) is 16.6 Å². The van der Waals surface area contributed by atoms with Crippen molar-refractivity contribution in [1.82, 2.24) is 19.5 Å². The summed E-state index contributed by atoms with van der Waals surface area (Å²) in [4.78, 5) is 6.45. The molecule has 0 radical (unpaired) electrons. The second-order valence-corrected chi connectivity index (χ2v) is 8.10. The Bertz CT molecular complexity index is 1120. The van der Waals surface area contributed by atoms with E-state index >= 15 is 0 Å². The topological polar surface area (TPSA) is 103 Å². The molecule has 33 heavy (non-hydrogen) atoms. The molecule has 1 saturated heterocycles. The summed E-state index contributed by atoms with van der Waals surface area (Å²) < 4.78 is 34.2. The molecule has 0 aliphatic carbocycles. The first-order chi connectivity index (χ1) is 16.0. The van der Waals surface area contributed by atoms with Gasteiger partial charge in [-0.15, -0.1) is 5.10 Å². The summed E-state index contributed by atoms with van der Waals surface area (Å²) in [5.41, 5.74) is 10.8. The van der Waals surface area contributed by atoms with E-state index in [0.29, 0.717) is 54.7 Å².